The van der Waals surface area contributed by atoms with Crippen molar-refractivity contribution >= 4 is 5.97 Å². The Bertz CT molecular complexity index is 1110. The van der Waals surface area contributed by atoms with Crippen LogP contribution in [-0.4, -0.2) is 12.8 Å². The van der Waals surface area contributed by atoms with Crippen LogP contribution in [0.2, 0.25) is 0 Å². The number of esters is 1. The van der Waals surface area contributed by atoms with E-state index in [9.17, 15) is 4.79 Å². The smallest absolute Gasteiger partial charge is 0.343 e. The second-order valence-electron chi connectivity index (χ2n) is 7.26. The zero-order valence-corrected chi connectivity index (χ0v) is 17.6. The van der Waals surface area contributed by atoms with E-state index in [1.165, 1.54) is 5.56 Å². The first-order valence-corrected chi connectivity index (χ1v) is 10.5. The van der Waals surface area contributed by atoms with Crippen molar-refractivity contribution in [2.24, 2.45) is 0 Å². The summed E-state index contributed by atoms with van der Waals surface area (Å²) in [5.41, 5.74) is 2.92. The molecule has 4 nitrogen and oxygen atoms in total. The summed E-state index contributed by atoms with van der Waals surface area (Å²) < 4.78 is 16.6. The van der Waals surface area contributed by atoms with E-state index in [0.29, 0.717) is 11.3 Å². The van der Waals surface area contributed by atoms with Crippen molar-refractivity contribution in [2.75, 3.05) is 6.79 Å². The van der Waals surface area contributed by atoms with Crippen LogP contribution in [0.3, 0.4) is 0 Å². The summed E-state index contributed by atoms with van der Waals surface area (Å²) in [6.07, 6.45) is 1.78. The molecule has 32 heavy (non-hydrogen) atoms. The number of para-hydroxylation sites is 2. The van der Waals surface area contributed by atoms with Crippen LogP contribution in [0.1, 0.15) is 21.5 Å². The number of ether oxygens (including phenoxy) is 3. The molecule has 4 rings (SSSR count). The quantitative estimate of drug-likeness (QED) is 0.185. The average molecular weight is 424 g/mol. The van der Waals surface area contributed by atoms with Crippen LogP contribution >= 0.6 is 0 Å². The molecule has 0 fully saturated rings. The Hall–Kier alpha value is -4.05. The molecule has 0 heterocycles. The molecule has 0 saturated heterocycles. The van der Waals surface area contributed by atoms with Crippen molar-refractivity contribution in [3.63, 3.8) is 0 Å². The van der Waals surface area contributed by atoms with E-state index >= 15 is 0 Å². The third-order valence-electron chi connectivity index (χ3n) is 4.96. The molecule has 0 spiro atoms. The highest BCUT2D eigenvalue weighted by Crippen LogP contribution is 2.17. The Labute approximate surface area is 188 Å². The third-order valence-corrected chi connectivity index (χ3v) is 4.96. The van der Waals surface area contributed by atoms with Crippen molar-refractivity contribution in [2.45, 2.75) is 12.8 Å². The van der Waals surface area contributed by atoms with Crippen LogP contribution in [0.4, 0.5) is 0 Å². The Morgan fingerprint density at radius 3 is 1.56 bits per heavy atom. The second kappa shape index (κ2) is 10.8. The largest absolute Gasteiger partial charge is 0.458 e. The third kappa shape index (κ3) is 6.22. The lowest BCUT2D eigenvalue weighted by atomic mass is 10.0. The van der Waals surface area contributed by atoms with Gasteiger partial charge in [-0.3, -0.25) is 0 Å². The highest BCUT2D eigenvalue weighted by molar-refractivity contribution is 5.91. The van der Waals surface area contributed by atoms with Crippen LogP contribution in [0.25, 0.3) is 0 Å². The fraction of sp³-hybridized carbons (Fsp3) is 0.107. The van der Waals surface area contributed by atoms with E-state index in [0.717, 1.165) is 29.9 Å². The summed E-state index contributed by atoms with van der Waals surface area (Å²) in [4.78, 5) is 12.2. The standard InChI is InChI=1S/C28H24O4/c29-28(32-27-9-5-2-6-10-27)24-17-13-22(14-18-24)11-12-23-15-19-26(20-16-23)31-21-30-25-7-3-1-4-8-25/h1-10,13-20H,11-12,21H2. The van der Waals surface area contributed by atoms with E-state index in [-0.39, 0.29) is 12.8 Å². The summed E-state index contributed by atoms with van der Waals surface area (Å²) in [6.45, 7) is 0.169. The lowest BCUT2D eigenvalue weighted by Crippen LogP contribution is -2.08. The predicted molar refractivity (Wildman–Crippen MR) is 124 cm³/mol. The molecule has 0 saturated carbocycles. The number of hydrogen-bond donors (Lipinski definition) is 0. The average Bonchev–Trinajstić information content (AvgIpc) is 2.85. The SMILES string of the molecule is O=C(Oc1ccccc1)c1ccc(CCc2ccc(OCOc3ccccc3)cc2)cc1. The van der Waals surface area contributed by atoms with Crippen LogP contribution in [0.15, 0.2) is 109 Å². The van der Waals surface area contributed by atoms with Crippen molar-refractivity contribution in [3.05, 3.63) is 126 Å². The Morgan fingerprint density at radius 2 is 1.00 bits per heavy atom. The van der Waals surface area contributed by atoms with Gasteiger partial charge < -0.3 is 14.2 Å². The van der Waals surface area contributed by atoms with Gasteiger partial charge in [-0.1, -0.05) is 60.7 Å². The van der Waals surface area contributed by atoms with Crippen LogP contribution < -0.4 is 14.2 Å². The number of rotatable bonds is 9. The summed E-state index contributed by atoms with van der Waals surface area (Å²) in [5, 5.41) is 0. The minimum atomic E-state index is -0.352. The molecule has 0 aliphatic rings. The predicted octanol–water partition coefficient (Wildman–Crippen LogP) is 6.11. The van der Waals surface area contributed by atoms with Gasteiger partial charge >= 0.3 is 5.97 Å². The van der Waals surface area contributed by atoms with Crippen LogP contribution in [-0.2, 0) is 12.8 Å². The van der Waals surface area contributed by atoms with E-state index < -0.39 is 0 Å². The van der Waals surface area contributed by atoms with E-state index in [1.807, 2.05) is 84.9 Å². The Balaban J connectivity index is 1.23. The topological polar surface area (TPSA) is 44.8 Å². The summed E-state index contributed by atoms with van der Waals surface area (Å²) in [7, 11) is 0. The first-order valence-electron chi connectivity index (χ1n) is 10.5. The van der Waals surface area contributed by atoms with Gasteiger partial charge in [0.2, 0.25) is 6.79 Å². The molecule has 4 heteroatoms. The first kappa shape index (κ1) is 21.2. The van der Waals surface area contributed by atoms with Gasteiger partial charge in [0, 0.05) is 0 Å². The van der Waals surface area contributed by atoms with Gasteiger partial charge in [0.05, 0.1) is 5.56 Å². The first-order chi connectivity index (χ1) is 15.8. The minimum Gasteiger partial charge on any atom is -0.458 e. The molecule has 0 N–H and O–H groups in total. The molecule has 0 unspecified atom stereocenters. The van der Waals surface area contributed by atoms with Crippen LogP contribution in [0, 0.1) is 0 Å². The zero-order valence-electron chi connectivity index (χ0n) is 17.6. The van der Waals surface area contributed by atoms with Crippen LogP contribution in [0.5, 0.6) is 17.2 Å². The molecule has 4 aromatic rings. The van der Waals surface area contributed by atoms with Crippen molar-refractivity contribution in [3.8, 4) is 17.2 Å². The van der Waals surface area contributed by atoms with Gasteiger partial charge in [0.1, 0.15) is 17.2 Å². The molecular weight excluding hydrogens is 400 g/mol. The summed E-state index contributed by atoms with van der Waals surface area (Å²) >= 11 is 0. The number of aryl methyl sites for hydroxylation is 2. The van der Waals surface area contributed by atoms with E-state index in [4.69, 9.17) is 14.2 Å². The molecule has 0 aliphatic carbocycles. The molecule has 160 valence electrons. The van der Waals surface area contributed by atoms with Gasteiger partial charge in [-0.2, -0.15) is 0 Å². The Morgan fingerprint density at radius 1 is 0.531 bits per heavy atom. The lowest BCUT2D eigenvalue weighted by molar-refractivity contribution is 0.0734. The number of carbonyl (C=O) groups excluding carboxylic acids is 1. The highest BCUT2D eigenvalue weighted by atomic mass is 16.7. The lowest BCUT2D eigenvalue weighted by Gasteiger charge is -2.09. The molecule has 0 atom stereocenters. The maximum atomic E-state index is 12.2. The summed E-state index contributed by atoms with van der Waals surface area (Å²) in [6, 6.07) is 34.2. The normalized spacial score (nSPS) is 10.4. The molecule has 0 amide bonds. The number of hydrogen-bond acceptors (Lipinski definition) is 4. The highest BCUT2D eigenvalue weighted by Gasteiger charge is 2.08. The molecular formula is C28H24O4. The maximum Gasteiger partial charge on any atom is 0.343 e. The van der Waals surface area contributed by atoms with Gasteiger partial charge in [0.25, 0.3) is 0 Å². The van der Waals surface area contributed by atoms with Crippen molar-refractivity contribution in [1.82, 2.24) is 0 Å². The number of benzene rings is 4. The van der Waals surface area contributed by atoms with Gasteiger partial charge in [-0.05, 0) is 72.5 Å². The molecule has 4 aromatic carbocycles. The monoisotopic (exact) mass is 424 g/mol. The van der Waals surface area contributed by atoms with Crippen molar-refractivity contribution < 1.29 is 19.0 Å². The molecule has 0 radical (unpaired) electrons. The van der Waals surface area contributed by atoms with E-state index in [2.05, 4.69) is 12.1 Å². The summed E-state index contributed by atoms with van der Waals surface area (Å²) in [5.74, 6) is 1.74. The second-order valence-corrected chi connectivity index (χ2v) is 7.26. The molecule has 0 aromatic heterocycles. The van der Waals surface area contributed by atoms with E-state index in [1.54, 1.807) is 12.1 Å². The maximum absolute atomic E-state index is 12.2. The fourth-order valence-corrected chi connectivity index (χ4v) is 3.19. The molecule has 0 aliphatic heterocycles. The molecule has 0 bridgehead atoms. The Kier molecular flexibility index (Phi) is 7.17. The van der Waals surface area contributed by atoms with Gasteiger partial charge in [-0.15, -0.1) is 0 Å². The number of carbonyl (C=O) groups is 1. The van der Waals surface area contributed by atoms with Gasteiger partial charge in [0.15, 0.2) is 0 Å². The zero-order chi connectivity index (χ0) is 22.0. The minimum absolute atomic E-state index is 0.169. The fourth-order valence-electron chi connectivity index (χ4n) is 3.19. The van der Waals surface area contributed by atoms with Gasteiger partial charge in [-0.25, -0.2) is 4.79 Å². The van der Waals surface area contributed by atoms with Crippen molar-refractivity contribution in [1.29, 1.82) is 0 Å².